The molecule has 1 aromatic rings. The first kappa shape index (κ1) is 17.0. The summed E-state index contributed by atoms with van der Waals surface area (Å²) in [5.41, 5.74) is 5.78. The molecule has 0 spiro atoms. The lowest BCUT2D eigenvalue weighted by Gasteiger charge is -2.01. The lowest BCUT2D eigenvalue weighted by atomic mass is 10.1. The standard InChI is InChI=1S/C14H19N3O3S/c1-2-3-4-8-21-14(15)17-16-9-10-6-5-7-11(12(10)18)13(19)20/h5-7,9,18H,2-4,8H2,1H3,(H2,15,17)(H,19,20). The third-order valence-corrected chi connectivity index (χ3v) is 3.52. The molecule has 4 N–H and O–H groups in total. The van der Waals surface area contributed by atoms with Crippen LogP contribution in [0.25, 0.3) is 0 Å². The van der Waals surface area contributed by atoms with Gasteiger partial charge in [-0.15, -0.1) is 5.10 Å². The van der Waals surface area contributed by atoms with Crippen molar-refractivity contribution in [1.82, 2.24) is 0 Å². The zero-order chi connectivity index (χ0) is 15.7. The first-order chi connectivity index (χ1) is 10.1. The van der Waals surface area contributed by atoms with Gasteiger partial charge in [-0.25, -0.2) is 4.79 Å². The van der Waals surface area contributed by atoms with Gasteiger partial charge in [-0.1, -0.05) is 37.6 Å². The van der Waals surface area contributed by atoms with Crippen molar-refractivity contribution in [3.63, 3.8) is 0 Å². The van der Waals surface area contributed by atoms with Crippen molar-refractivity contribution in [2.45, 2.75) is 26.2 Å². The Morgan fingerprint density at radius 2 is 2.19 bits per heavy atom. The molecule has 6 nitrogen and oxygen atoms in total. The minimum atomic E-state index is -1.20. The summed E-state index contributed by atoms with van der Waals surface area (Å²) in [5, 5.41) is 26.6. The summed E-state index contributed by atoms with van der Waals surface area (Å²) in [7, 11) is 0. The highest BCUT2D eigenvalue weighted by Gasteiger charge is 2.11. The number of amidine groups is 1. The predicted molar refractivity (Wildman–Crippen MR) is 86.3 cm³/mol. The summed E-state index contributed by atoms with van der Waals surface area (Å²) in [6.45, 7) is 2.13. The van der Waals surface area contributed by atoms with Crippen molar-refractivity contribution >= 4 is 29.1 Å². The Hall–Kier alpha value is -2.02. The largest absolute Gasteiger partial charge is 0.506 e. The number of hydrogen-bond donors (Lipinski definition) is 3. The molecule has 0 radical (unpaired) electrons. The number of aromatic carboxylic acids is 1. The fraction of sp³-hybridized carbons (Fsp3) is 0.357. The third-order valence-electron chi connectivity index (χ3n) is 2.65. The van der Waals surface area contributed by atoms with Crippen LogP contribution in [0.3, 0.4) is 0 Å². The number of para-hydroxylation sites is 1. The molecule has 21 heavy (non-hydrogen) atoms. The number of benzene rings is 1. The molecule has 0 heterocycles. The molecule has 0 fully saturated rings. The third kappa shape index (κ3) is 5.86. The van der Waals surface area contributed by atoms with Crippen LogP contribution in [0, 0.1) is 0 Å². The van der Waals surface area contributed by atoms with Crippen molar-refractivity contribution in [3.05, 3.63) is 29.3 Å². The summed E-state index contributed by atoms with van der Waals surface area (Å²) in [6, 6.07) is 4.39. The second-order valence-electron chi connectivity index (χ2n) is 4.29. The Bertz CT molecular complexity index is 544. The average molecular weight is 309 g/mol. The van der Waals surface area contributed by atoms with Gasteiger partial charge in [-0.2, -0.15) is 5.10 Å². The average Bonchev–Trinajstić information content (AvgIpc) is 2.45. The van der Waals surface area contributed by atoms with E-state index in [4.69, 9.17) is 10.8 Å². The predicted octanol–water partition coefficient (Wildman–Crippen LogP) is 2.66. The molecule has 0 aliphatic carbocycles. The van der Waals surface area contributed by atoms with E-state index in [1.54, 1.807) is 6.07 Å². The summed E-state index contributed by atoms with van der Waals surface area (Å²) in [5.74, 6) is -0.645. The maximum absolute atomic E-state index is 10.9. The van der Waals surface area contributed by atoms with Crippen LogP contribution < -0.4 is 5.73 Å². The number of rotatable bonds is 7. The molecular weight excluding hydrogens is 290 g/mol. The van der Waals surface area contributed by atoms with Crippen LogP contribution in [-0.4, -0.2) is 33.3 Å². The zero-order valence-corrected chi connectivity index (χ0v) is 12.6. The zero-order valence-electron chi connectivity index (χ0n) is 11.8. The second kappa shape index (κ2) is 9.02. The van der Waals surface area contributed by atoms with Gasteiger partial charge in [-0.3, -0.25) is 0 Å². The molecule has 114 valence electrons. The van der Waals surface area contributed by atoms with E-state index in [9.17, 15) is 9.90 Å². The number of hydrogen-bond acceptors (Lipinski definition) is 5. The van der Waals surface area contributed by atoms with E-state index in [-0.39, 0.29) is 16.9 Å². The number of phenols is 1. The number of carboxylic acids is 1. The molecule has 0 saturated heterocycles. The molecule has 7 heteroatoms. The van der Waals surface area contributed by atoms with E-state index in [1.165, 1.54) is 30.1 Å². The van der Waals surface area contributed by atoms with Crippen LogP contribution in [0.15, 0.2) is 28.4 Å². The van der Waals surface area contributed by atoms with Crippen LogP contribution in [0.5, 0.6) is 5.75 Å². The van der Waals surface area contributed by atoms with Crippen LogP contribution >= 0.6 is 11.8 Å². The summed E-state index contributed by atoms with van der Waals surface area (Å²) >= 11 is 1.42. The van der Waals surface area contributed by atoms with E-state index in [0.29, 0.717) is 5.17 Å². The minimum absolute atomic E-state index is 0.176. The lowest BCUT2D eigenvalue weighted by Crippen LogP contribution is -2.06. The molecule has 0 bridgehead atoms. The molecule has 0 atom stereocenters. The second-order valence-corrected chi connectivity index (χ2v) is 5.40. The van der Waals surface area contributed by atoms with E-state index < -0.39 is 5.97 Å². The molecule has 0 aromatic heterocycles. The Balaban J connectivity index is 2.64. The van der Waals surface area contributed by atoms with Crippen molar-refractivity contribution in [1.29, 1.82) is 0 Å². The van der Waals surface area contributed by atoms with Gasteiger partial charge >= 0.3 is 5.97 Å². The van der Waals surface area contributed by atoms with Gasteiger partial charge in [0.05, 0.1) is 6.21 Å². The molecule has 1 aromatic carbocycles. The topological polar surface area (TPSA) is 108 Å². The Labute approximate surface area is 127 Å². The lowest BCUT2D eigenvalue weighted by molar-refractivity contribution is 0.0693. The maximum Gasteiger partial charge on any atom is 0.339 e. The van der Waals surface area contributed by atoms with Gasteiger partial charge in [0.1, 0.15) is 11.3 Å². The molecule has 0 aliphatic heterocycles. The molecule has 0 saturated carbocycles. The Morgan fingerprint density at radius 1 is 1.43 bits per heavy atom. The summed E-state index contributed by atoms with van der Waals surface area (Å²) < 4.78 is 0. The van der Waals surface area contributed by atoms with E-state index in [2.05, 4.69) is 17.1 Å². The molecule has 0 unspecified atom stereocenters. The highest BCUT2D eigenvalue weighted by Crippen LogP contribution is 2.20. The summed E-state index contributed by atoms with van der Waals surface area (Å²) in [6.07, 6.45) is 4.65. The number of carboxylic acid groups (broad SMARTS) is 1. The Kier molecular flexibility index (Phi) is 7.31. The van der Waals surface area contributed by atoms with Gasteiger partial charge < -0.3 is 15.9 Å². The monoisotopic (exact) mass is 309 g/mol. The summed E-state index contributed by atoms with van der Waals surface area (Å²) in [4.78, 5) is 10.9. The molecule has 0 aliphatic rings. The van der Waals surface area contributed by atoms with E-state index >= 15 is 0 Å². The SMILES string of the molecule is CCCCCS/C(N)=N\N=Cc1cccc(C(=O)O)c1O. The van der Waals surface area contributed by atoms with Crippen LogP contribution in [0.2, 0.25) is 0 Å². The molecule has 0 amide bonds. The first-order valence-corrected chi connectivity index (χ1v) is 7.59. The highest BCUT2D eigenvalue weighted by molar-refractivity contribution is 8.13. The number of nitrogens with zero attached hydrogens (tertiary/aromatic N) is 2. The first-order valence-electron chi connectivity index (χ1n) is 6.60. The maximum atomic E-state index is 10.9. The van der Waals surface area contributed by atoms with Gasteiger partial charge in [0.25, 0.3) is 0 Å². The van der Waals surface area contributed by atoms with Crippen LogP contribution in [-0.2, 0) is 0 Å². The van der Waals surface area contributed by atoms with Crippen LogP contribution in [0.4, 0.5) is 0 Å². The number of thioether (sulfide) groups is 1. The Morgan fingerprint density at radius 3 is 2.86 bits per heavy atom. The van der Waals surface area contributed by atoms with Crippen molar-refractivity contribution in [3.8, 4) is 5.75 Å². The number of aromatic hydroxyl groups is 1. The van der Waals surface area contributed by atoms with E-state index in [0.717, 1.165) is 25.0 Å². The smallest absolute Gasteiger partial charge is 0.339 e. The normalized spacial score (nSPS) is 12.0. The van der Waals surface area contributed by atoms with Gasteiger partial charge in [0.2, 0.25) is 0 Å². The van der Waals surface area contributed by atoms with E-state index in [1.807, 2.05) is 0 Å². The number of carbonyl (C=O) groups is 1. The number of nitrogens with two attached hydrogens (primary N) is 1. The number of unbranched alkanes of at least 4 members (excludes halogenated alkanes) is 2. The van der Waals surface area contributed by atoms with Gasteiger partial charge in [0, 0.05) is 11.3 Å². The quantitative estimate of drug-likeness (QED) is 0.310. The van der Waals surface area contributed by atoms with Gasteiger partial charge in [0.15, 0.2) is 5.17 Å². The fourth-order valence-corrected chi connectivity index (χ4v) is 2.21. The molecular formula is C14H19N3O3S. The van der Waals surface area contributed by atoms with Gasteiger partial charge in [-0.05, 0) is 18.6 Å². The fourth-order valence-electron chi connectivity index (χ4n) is 1.54. The van der Waals surface area contributed by atoms with Crippen molar-refractivity contribution in [2.24, 2.45) is 15.9 Å². The van der Waals surface area contributed by atoms with Crippen LogP contribution in [0.1, 0.15) is 42.1 Å². The van der Waals surface area contributed by atoms with Crippen molar-refractivity contribution < 1.29 is 15.0 Å². The highest BCUT2D eigenvalue weighted by atomic mass is 32.2. The molecule has 1 rings (SSSR count). The minimum Gasteiger partial charge on any atom is -0.506 e. The van der Waals surface area contributed by atoms with Crippen molar-refractivity contribution in [2.75, 3.05) is 5.75 Å².